The summed E-state index contributed by atoms with van der Waals surface area (Å²) in [5.74, 6) is -1.55. The molecule has 122 valence electrons. The predicted octanol–water partition coefficient (Wildman–Crippen LogP) is 1.79. The number of nitrogens with one attached hydrogen (secondary N) is 1. The number of anilines is 1. The number of benzene rings is 1. The summed E-state index contributed by atoms with van der Waals surface area (Å²) in [6.07, 6.45) is 1.32. The summed E-state index contributed by atoms with van der Waals surface area (Å²) < 4.78 is 23.2. The van der Waals surface area contributed by atoms with Gasteiger partial charge in [-0.3, -0.25) is 4.79 Å². The first-order valence-electron chi connectivity index (χ1n) is 6.46. The highest BCUT2D eigenvalue weighted by Gasteiger charge is 2.19. The van der Waals surface area contributed by atoms with Gasteiger partial charge in [0.1, 0.15) is 0 Å². The van der Waals surface area contributed by atoms with Crippen LogP contribution in [0.2, 0.25) is 0 Å². The Hall–Kier alpha value is -2.26. The van der Waals surface area contributed by atoms with E-state index in [0.717, 1.165) is 17.6 Å². The number of carboxylic acid groups (broad SMARTS) is 1. The zero-order valence-corrected chi connectivity index (χ0v) is 14.0. The molecule has 7 nitrogen and oxygen atoms in total. The van der Waals surface area contributed by atoms with Crippen molar-refractivity contribution in [3.05, 3.63) is 40.4 Å². The molecular formula is C14H14N2O5S2. The third-order valence-electron chi connectivity index (χ3n) is 2.87. The van der Waals surface area contributed by atoms with Crippen LogP contribution < -0.4 is 5.32 Å². The molecule has 0 aliphatic rings. The van der Waals surface area contributed by atoms with Gasteiger partial charge in [-0.1, -0.05) is 12.1 Å². The fourth-order valence-electron chi connectivity index (χ4n) is 1.91. The molecule has 0 fully saturated rings. The lowest BCUT2D eigenvalue weighted by atomic mass is 10.1. The summed E-state index contributed by atoms with van der Waals surface area (Å²) in [7, 11) is -3.34. The highest BCUT2D eigenvalue weighted by molar-refractivity contribution is 7.90. The van der Waals surface area contributed by atoms with Crippen molar-refractivity contribution in [1.29, 1.82) is 0 Å². The summed E-state index contributed by atoms with van der Waals surface area (Å²) in [4.78, 5) is 26.8. The maximum absolute atomic E-state index is 11.6. The number of aromatic carboxylic acids is 1. The van der Waals surface area contributed by atoms with E-state index in [1.54, 1.807) is 12.1 Å². The topological polar surface area (TPSA) is 113 Å². The van der Waals surface area contributed by atoms with Gasteiger partial charge < -0.3 is 10.4 Å². The average molecular weight is 354 g/mol. The van der Waals surface area contributed by atoms with E-state index in [-0.39, 0.29) is 28.0 Å². The maximum Gasteiger partial charge on any atom is 0.355 e. The van der Waals surface area contributed by atoms with E-state index in [9.17, 15) is 23.1 Å². The number of hydrogen-bond acceptors (Lipinski definition) is 6. The van der Waals surface area contributed by atoms with Crippen LogP contribution in [0.4, 0.5) is 5.13 Å². The van der Waals surface area contributed by atoms with E-state index < -0.39 is 15.8 Å². The first kappa shape index (κ1) is 17.1. The Morgan fingerprint density at radius 1 is 1.35 bits per heavy atom. The lowest BCUT2D eigenvalue weighted by Crippen LogP contribution is -2.06. The first-order chi connectivity index (χ1) is 10.7. The van der Waals surface area contributed by atoms with E-state index in [2.05, 4.69) is 10.3 Å². The van der Waals surface area contributed by atoms with Gasteiger partial charge in [0, 0.05) is 24.5 Å². The number of hydrogen-bond donors (Lipinski definition) is 2. The second kappa shape index (κ2) is 6.47. The van der Waals surface area contributed by atoms with Crippen LogP contribution in [-0.2, 0) is 21.1 Å². The van der Waals surface area contributed by atoms with Crippen molar-refractivity contribution in [3.8, 4) is 0 Å². The van der Waals surface area contributed by atoms with E-state index in [0.29, 0.717) is 10.4 Å². The molecule has 0 bridgehead atoms. The van der Waals surface area contributed by atoms with E-state index in [1.165, 1.54) is 19.1 Å². The van der Waals surface area contributed by atoms with Gasteiger partial charge in [-0.05, 0) is 17.7 Å². The summed E-state index contributed by atoms with van der Waals surface area (Å²) in [6, 6.07) is 6.28. The van der Waals surface area contributed by atoms with Gasteiger partial charge in [0.05, 0.1) is 4.90 Å². The zero-order valence-electron chi connectivity index (χ0n) is 12.4. The molecule has 1 amide bonds. The summed E-state index contributed by atoms with van der Waals surface area (Å²) in [5, 5.41) is 11.9. The highest BCUT2D eigenvalue weighted by Crippen LogP contribution is 2.26. The van der Waals surface area contributed by atoms with Crippen LogP contribution in [0.15, 0.2) is 29.2 Å². The normalized spacial score (nSPS) is 11.2. The summed E-state index contributed by atoms with van der Waals surface area (Å²) in [6.45, 7) is 1.30. The molecule has 1 aromatic heterocycles. The zero-order chi connectivity index (χ0) is 17.2. The second-order valence-electron chi connectivity index (χ2n) is 4.87. The van der Waals surface area contributed by atoms with Crippen molar-refractivity contribution in [2.45, 2.75) is 18.2 Å². The molecule has 2 N–H and O–H groups in total. The van der Waals surface area contributed by atoms with Crippen molar-refractivity contribution in [3.63, 3.8) is 0 Å². The van der Waals surface area contributed by atoms with Crippen LogP contribution in [0, 0.1) is 0 Å². The summed E-state index contributed by atoms with van der Waals surface area (Å²) in [5.41, 5.74) is 0.497. The van der Waals surface area contributed by atoms with Crippen LogP contribution in [0.1, 0.15) is 27.9 Å². The minimum Gasteiger partial charge on any atom is -0.476 e. The van der Waals surface area contributed by atoms with E-state index in [1.807, 2.05) is 0 Å². The SMILES string of the molecule is CC(=O)Nc1nc(C(=O)O)c(Cc2cccc(S(C)(=O)=O)c2)s1. The molecule has 2 rings (SSSR count). The Bertz CT molecular complexity index is 871. The monoisotopic (exact) mass is 354 g/mol. The Morgan fingerprint density at radius 3 is 2.61 bits per heavy atom. The van der Waals surface area contributed by atoms with Crippen LogP contribution in [-0.4, -0.2) is 36.6 Å². The quantitative estimate of drug-likeness (QED) is 0.846. The molecule has 0 atom stereocenters. The van der Waals surface area contributed by atoms with Gasteiger partial charge in [0.25, 0.3) is 0 Å². The van der Waals surface area contributed by atoms with Gasteiger partial charge in [0.2, 0.25) is 5.91 Å². The molecule has 0 aliphatic heterocycles. The number of thiazole rings is 1. The largest absolute Gasteiger partial charge is 0.476 e. The number of rotatable bonds is 5. The van der Waals surface area contributed by atoms with Crippen LogP contribution in [0.3, 0.4) is 0 Å². The molecule has 1 aromatic carbocycles. The molecular weight excluding hydrogens is 340 g/mol. The summed E-state index contributed by atoms with van der Waals surface area (Å²) >= 11 is 1.05. The Morgan fingerprint density at radius 2 is 2.04 bits per heavy atom. The van der Waals surface area contributed by atoms with Gasteiger partial charge >= 0.3 is 5.97 Å². The van der Waals surface area contributed by atoms with Crippen molar-refractivity contribution < 1.29 is 23.1 Å². The fraction of sp³-hybridized carbons (Fsp3) is 0.214. The van der Waals surface area contributed by atoms with Gasteiger partial charge in [-0.2, -0.15) is 0 Å². The van der Waals surface area contributed by atoms with Gasteiger partial charge in [0.15, 0.2) is 20.7 Å². The molecule has 2 aromatic rings. The molecule has 0 aliphatic carbocycles. The average Bonchev–Trinajstić information content (AvgIpc) is 2.80. The maximum atomic E-state index is 11.6. The number of carbonyl (C=O) groups excluding carboxylic acids is 1. The second-order valence-corrected chi connectivity index (χ2v) is 7.97. The first-order valence-corrected chi connectivity index (χ1v) is 9.17. The lowest BCUT2D eigenvalue weighted by Gasteiger charge is -2.03. The number of aromatic nitrogens is 1. The van der Waals surface area contributed by atoms with Crippen molar-refractivity contribution in [1.82, 2.24) is 4.98 Å². The number of sulfone groups is 1. The number of carbonyl (C=O) groups is 2. The Labute approximate surface area is 136 Å². The number of nitrogens with zero attached hydrogens (tertiary/aromatic N) is 1. The molecule has 1 heterocycles. The fourth-order valence-corrected chi connectivity index (χ4v) is 3.64. The van der Waals surface area contributed by atoms with Crippen LogP contribution >= 0.6 is 11.3 Å². The molecule has 0 saturated heterocycles. The van der Waals surface area contributed by atoms with Gasteiger partial charge in [-0.25, -0.2) is 18.2 Å². The molecule has 0 radical (unpaired) electrons. The highest BCUT2D eigenvalue weighted by atomic mass is 32.2. The third kappa shape index (κ3) is 4.36. The predicted molar refractivity (Wildman–Crippen MR) is 85.7 cm³/mol. The molecule has 9 heteroatoms. The van der Waals surface area contributed by atoms with Crippen LogP contribution in [0.25, 0.3) is 0 Å². The van der Waals surface area contributed by atoms with Crippen molar-refractivity contribution in [2.24, 2.45) is 0 Å². The van der Waals surface area contributed by atoms with Gasteiger partial charge in [-0.15, -0.1) is 11.3 Å². The minimum absolute atomic E-state index is 0.150. The standard InChI is InChI=1S/C14H14N2O5S2/c1-8(17)15-14-16-12(13(18)19)11(22-14)7-9-4-3-5-10(6-9)23(2,20)21/h3-6H,7H2,1-2H3,(H,18,19)(H,15,16,17). The van der Waals surface area contributed by atoms with Crippen molar-refractivity contribution >= 4 is 38.2 Å². The lowest BCUT2D eigenvalue weighted by molar-refractivity contribution is -0.114. The minimum atomic E-state index is -3.34. The number of amides is 1. The molecule has 0 spiro atoms. The van der Waals surface area contributed by atoms with Crippen LogP contribution in [0.5, 0.6) is 0 Å². The Kier molecular flexibility index (Phi) is 4.81. The molecule has 0 saturated carbocycles. The Balaban J connectivity index is 2.38. The van der Waals surface area contributed by atoms with E-state index >= 15 is 0 Å². The smallest absolute Gasteiger partial charge is 0.355 e. The molecule has 23 heavy (non-hydrogen) atoms. The van der Waals surface area contributed by atoms with Crippen molar-refractivity contribution in [2.75, 3.05) is 11.6 Å². The van der Waals surface area contributed by atoms with E-state index in [4.69, 9.17) is 0 Å². The third-order valence-corrected chi connectivity index (χ3v) is 4.96. The number of carboxylic acids is 1. The molecule has 0 unspecified atom stereocenters.